The van der Waals surface area contributed by atoms with Gasteiger partial charge in [0.1, 0.15) is 4.90 Å². The SMILES string of the molecule is CNC(CS(=O)c1ccccc1[N+](=O)[O-])C1CCCC1. The number of hydrogen-bond donors (Lipinski definition) is 1. The Kier molecular flexibility index (Phi) is 5.25. The van der Waals surface area contributed by atoms with E-state index >= 15 is 0 Å². The number of nitrogens with one attached hydrogen (secondary N) is 1. The molecule has 110 valence electrons. The van der Waals surface area contributed by atoms with Crippen molar-refractivity contribution in [1.29, 1.82) is 0 Å². The lowest BCUT2D eigenvalue weighted by Crippen LogP contribution is -2.37. The normalized spacial score (nSPS) is 18.9. The van der Waals surface area contributed by atoms with Crippen LogP contribution in [-0.2, 0) is 10.8 Å². The van der Waals surface area contributed by atoms with Crippen LogP contribution >= 0.6 is 0 Å². The molecule has 0 heterocycles. The molecular formula is C14H20N2O3S. The van der Waals surface area contributed by atoms with Crippen LogP contribution in [0.15, 0.2) is 29.2 Å². The minimum atomic E-state index is -1.35. The highest BCUT2D eigenvalue weighted by Crippen LogP contribution is 2.29. The Balaban J connectivity index is 2.12. The van der Waals surface area contributed by atoms with Crippen LogP contribution in [0.1, 0.15) is 25.7 Å². The summed E-state index contributed by atoms with van der Waals surface area (Å²) in [5, 5.41) is 14.2. The largest absolute Gasteiger partial charge is 0.316 e. The molecule has 1 aromatic rings. The lowest BCUT2D eigenvalue weighted by molar-refractivity contribution is -0.387. The molecule has 6 heteroatoms. The second-order valence-corrected chi connectivity index (χ2v) is 6.64. The van der Waals surface area contributed by atoms with E-state index < -0.39 is 15.7 Å². The molecule has 0 saturated heterocycles. The molecule has 0 amide bonds. The van der Waals surface area contributed by atoms with Gasteiger partial charge in [-0.05, 0) is 31.9 Å². The molecule has 0 aromatic heterocycles. The van der Waals surface area contributed by atoms with Gasteiger partial charge in [0.25, 0.3) is 5.69 Å². The third kappa shape index (κ3) is 3.43. The first-order valence-corrected chi connectivity index (χ1v) is 8.24. The van der Waals surface area contributed by atoms with E-state index in [1.807, 2.05) is 7.05 Å². The van der Waals surface area contributed by atoms with Crippen LogP contribution in [-0.4, -0.2) is 28.0 Å². The number of hydrogen-bond acceptors (Lipinski definition) is 4. The number of nitro groups is 1. The highest BCUT2D eigenvalue weighted by molar-refractivity contribution is 7.85. The van der Waals surface area contributed by atoms with Crippen molar-refractivity contribution in [3.8, 4) is 0 Å². The van der Waals surface area contributed by atoms with E-state index in [1.165, 1.54) is 18.9 Å². The summed E-state index contributed by atoms with van der Waals surface area (Å²) in [7, 11) is 0.529. The van der Waals surface area contributed by atoms with Gasteiger partial charge >= 0.3 is 0 Å². The van der Waals surface area contributed by atoms with E-state index in [2.05, 4.69) is 5.32 Å². The summed E-state index contributed by atoms with van der Waals surface area (Å²) >= 11 is 0. The smallest absolute Gasteiger partial charge is 0.285 e. The van der Waals surface area contributed by atoms with Crippen molar-refractivity contribution in [2.24, 2.45) is 5.92 Å². The fraction of sp³-hybridized carbons (Fsp3) is 0.571. The van der Waals surface area contributed by atoms with E-state index in [9.17, 15) is 14.3 Å². The van der Waals surface area contributed by atoms with E-state index in [0.29, 0.717) is 16.6 Å². The first kappa shape index (κ1) is 15.1. The predicted molar refractivity (Wildman–Crippen MR) is 79.2 cm³/mol. The van der Waals surface area contributed by atoms with E-state index in [1.54, 1.807) is 18.2 Å². The van der Waals surface area contributed by atoms with Gasteiger partial charge in [0.2, 0.25) is 0 Å². The summed E-state index contributed by atoms with van der Waals surface area (Å²) in [4.78, 5) is 10.9. The fourth-order valence-electron chi connectivity index (χ4n) is 2.87. The van der Waals surface area contributed by atoms with Gasteiger partial charge in [-0.3, -0.25) is 14.3 Å². The first-order valence-electron chi connectivity index (χ1n) is 6.92. The van der Waals surface area contributed by atoms with Crippen molar-refractivity contribution in [1.82, 2.24) is 5.32 Å². The molecule has 2 unspecified atom stereocenters. The Morgan fingerprint density at radius 2 is 2.05 bits per heavy atom. The van der Waals surface area contributed by atoms with Gasteiger partial charge in [-0.15, -0.1) is 0 Å². The number of rotatable bonds is 6. The van der Waals surface area contributed by atoms with Gasteiger partial charge in [-0.25, -0.2) is 0 Å². The molecule has 20 heavy (non-hydrogen) atoms. The molecule has 1 aromatic carbocycles. The summed E-state index contributed by atoms with van der Waals surface area (Å²) in [6.07, 6.45) is 4.75. The van der Waals surface area contributed by atoms with Crippen molar-refractivity contribution in [2.75, 3.05) is 12.8 Å². The molecule has 0 aliphatic heterocycles. The summed E-state index contributed by atoms with van der Waals surface area (Å²) in [6.45, 7) is 0. The van der Waals surface area contributed by atoms with Crippen LogP contribution in [0, 0.1) is 16.0 Å². The molecular weight excluding hydrogens is 276 g/mol. The average molecular weight is 296 g/mol. The second kappa shape index (κ2) is 6.95. The summed E-state index contributed by atoms with van der Waals surface area (Å²) in [5.74, 6) is 0.971. The molecule has 0 spiro atoms. The van der Waals surface area contributed by atoms with E-state index in [4.69, 9.17) is 0 Å². The van der Waals surface area contributed by atoms with Crippen LogP contribution in [0.2, 0.25) is 0 Å². The van der Waals surface area contributed by atoms with Gasteiger partial charge in [-0.2, -0.15) is 0 Å². The third-order valence-corrected chi connectivity index (χ3v) is 5.48. The van der Waals surface area contributed by atoms with Crippen molar-refractivity contribution < 1.29 is 9.13 Å². The second-order valence-electron chi connectivity index (χ2n) is 5.18. The van der Waals surface area contributed by atoms with Crippen LogP contribution in [0.4, 0.5) is 5.69 Å². The van der Waals surface area contributed by atoms with Gasteiger partial charge in [0.15, 0.2) is 0 Å². The lowest BCUT2D eigenvalue weighted by Gasteiger charge is -2.22. The molecule has 2 atom stereocenters. The van der Waals surface area contributed by atoms with Crippen LogP contribution in [0.5, 0.6) is 0 Å². The van der Waals surface area contributed by atoms with Gasteiger partial charge < -0.3 is 5.32 Å². The highest BCUT2D eigenvalue weighted by atomic mass is 32.2. The molecule has 5 nitrogen and oxygen atoms in total. The van der Waals surface area contributed by atoms with Gasteiger partial charge in [0.05, 0.1) is 15.7 Å². The zero-order valence-corrected chi connectivity index (χ0v) is 12.4. The topological polar surface area (TPSA) is 72.2 Å². The Labute approximate surface area is 121 Å². The fourth-order valence-corrected chi connectivity index (χ4v) is 4.42. The van der Waals surface area contributed by atoms with Crippen molar-refractivity contribution >= 4 is 16.5 Å². The molecule has 2 rings (SSSR count). The maximum absolute atomic E-state index is 12.5. The molecule has 1 saturated carbocycles. The molecule has 1 aliphatic rings. The Bertz CT molecular complexity index is 501. The average Bonchev–Trinajstić information content (AvgIpc) is 2.98. The molecule has 1 fully saturated rings. The molecule has 1 aliphatic carbocycles. The third-order valence-electron chi connectivity index (χ3n) is 3.98. The number of nitro benzene ring substituents is 1. The van der Waals surface area contributed by atoms with Gasteiger partial charge in [-0.1, -0.05) is 25.0 Å². The van der Waals surface area contributed by atoms with E-state index in [0.717, 1.165) is 12.8 Å². The Hall–Kier alpha value is -1.27. The maximum Gasteiger partial charge on any atom is 0.285 e. The number of benzene rings is 1. The summed E-state index contributed by atoms with van der Waals surface area (Å²) in [6, 6.07) is 6.47. The highest BCUT2D eigenvalue weighted by Gasteiger charge is 2.27. The van der Waals surface area contributed by atoms with Gasteiger partial charge in [0, 0.05) is 17.9 Å². The minimum Gasteiger partial charge on any atom is -0.316 e. The number of nitrogens with zero attached hydrogens (tertiary/aromatic N) is 1. The molecule has 0 radical (unpaired) electrons. The summed E-state index contributed by atoms with van der Waals surface area (Å²) in [5.41, 5.74) is -0.0490. The standard InChI is InChI=1S/C14H20N2O3S/c1-15-12(11-6-2-3-7-11)10-20(19)14-9-5-4-8-13(14)16(17)18/h4-5,8-9,11-12,15H,2-3,6-7,10H2,1H3. The van der Waals surface area contributed by atoms with Crippen molar-refractivity contribution in [3.05, 3.63) is 34.4 Å². The minimum absolute atomic E-state index is 0.0490. The van der Waals surface area contributed by atoms with Crippen LogP contribution in [0.25, 0.3) is 0 Å². The Morgan fingerprint density at radius 3 is 2.65 bits per heavy atom. The van der Waals surface area contributed by atoms with Crippen LogP contribution in [0.3, 0.4) is 0 Å². The summed E-state index contributed by atoms with van der Waals surface area (Å²) < 4.78 is 12.5. The zero-order chi connectivity index (χ0) is 14.5. The van der Waals surface area contributed by atoms with Crippen molar-refractivity contribution in [3.63, 3.8) is 0 Å². The zero-order valence-electron chi connectivity index (χ0n) is 11.6. The van der Waals surface area contributed by atoms with Crippen molar-refractivity contribution in [2.45, 2.75) is 36.6 Å². The first-order chi connectivity index (χ1) is 9.63. The lowest BCUT2D eigenvalue weighted by atomic mass is 10.0. The van der Waals surface area contributed by atoms with E-state index in [-0.39, 0.29) is 11.7 Å². The molecule has 1 N–H and O–H groups in total. The number of para-hydroxylation sites is 1. The Morgan fingerprint density at radius 1 is 1.40 bits per heavy atom. The van der Waals surface area contributed by atoms with Crippen LogP contribution < -0.4 is 5.32 Å². The maximum atomic E-state index is 12.5. The monoisotopic (exact) mass is 296 g/mol. The predicted octanol–water partition coefficient (Wildman–Crippen LogP) is 2.48. The quantitative estimate of drug-likeness (QED) is 0.646. The molecule has 0 bridgehead atoms.